The molecule has 45 valence electrons. The average Bonchev–Trinajstić information content (AvgIpc) is 1.81. The Hall–Kier alpha value is -0.660. The largest absolute Gasteiger partial charge is 0.239 e. The minimum absolute atomic E-state index is 0.409. The van der Waals surface area contributed by atoms with Gasteiger partial charge in [0.05, 0.1) is 6.33 Å². The van der Waals surface area contributed by atoms with E-state index in [1.807, 2.05) is 0 Å². The second-order valence-electron chi connectivity index (χ2n) is 1.15. The third kappa shape index (κ3) is 5.34. The summed E-state index contributed by atoms with van der Waals surface area (Å²) in [5.41, 5.74) is 0. The van der Waals surface area contributed by atoms with Crippen LogP contribution in [0.4, 0.5) is 8.78 Å². The molecule has 0 aromatic heterocycles. The number of halogens is 2. The predicted octanol–water partition coefficient (Wildman–Crippen LogP) is 2.55. The fourth-order valence-electron chi connectivity index (χ4n) is 0.260. The lowest BCUT2D eigenvalue weighted by molar-refractivity contribution is 0.655. The van der Waals surface area contributed by atoms with Gasteiger partial charge in [-0.05, 0) is 6.42 Å². The van der Waals surface area contributed by atoms with E-state index in [0.717, 1.165) is 0 Å². The smallest absolute Gasteiger partial charge is 0.153 e. The summed E-state index contributed by atoms with van der Waals surface area (Å²) < 4.78 is 22.2. The first-order chi connectivity index (χ1) is 3.91. The molecule has 0 saturated heterocycles. The molecule has 0 aromatic carbocycles. The van der Waals surface area contributed by atoms with Crippen LogP contribution in [0.3, 0.4) is 0 Å². The summed E-state index contributed by atoms with van der Waals surface area (Å²) in [5, 5.41) is 0. The van der Waals surface area contributed by atoms with Gasteiger partial charge in [0.25, 0.3) is 0 Å². The van der Waals surface area contributed by atoms with Gasteiger partial charge in [-0.25, -0.2) is 8.78 Å². The van der Waals surface area contributed by atoms with Gasteiger partial charge >= 0.3 is 0 Å². The number of hydrogen-bond acceptors (Lipinski definition) is 0. The highest BCUT2D eigenvalue weighted by molar-refractivity contribution is 4.93. The van der Waals surface area contributed by atoms with Crippen LogP contribution in [-0.4, -0.2) is 0 Å². The Morgan fingerprint density at radius 2 is 1.88 bits per heavy atom. The summed E-state index contributed by atoms with van der Waals surface area (Å²) in [7, 11) is 0. The molecule has 0 atom stereocenters. The molecular formula is C6H7F2. The first kappa shape index (κ1) is 7.34. The standard InChI is InChI=1S/C6H7F2/c7-5-3-1-2-4-6-8/h1,3-6H,2H2. The molecule has 0 nitrogen and oxygen atoms in total. The van der Waals surface area contributed by atoms with Crippen LogP contribution in [-0.2, 0) is 0 Å². The lowest BCUT2D eigenvalue weighted by Gasteiger charge is -1.74. The summed E-state index contributed by atoms with van der Waals surface area (Å²) in [6, 6.07) is 0. The molecule has 0 heterocycles. The lowest BCUT2D eigenvalue weighted by atomic mass is 10.4. The van der Waals surface area contributed by atoms with E-state index in [9.17, 15) is 8.78 Å². The van der Waals surface area contributed by atoms with Gasteiger partial charge < -0.3 is 0 Å². The van der Waals surface area contributed by atoms with Gasteiger partial charge in [0, 0.05) is 0 Å². The summed E-state index contributed by atoms with van der Waals surface area (Å²) in [6.45, 7) is 0.409. The van der Waals surface area contributed by atoms with E-state index in [4.69, 9.17) is 0 Å². The van der Waals surface area contributed by atoms with Crippen LogP contribution in [0, 0.1) is 6.67 Å². The van der Waals surface area contributed by atoms with Crippen LogP contribution in [0.2, 0.25) is 0 Å². The molecule has 0 rings (SSSR count). The second kappa shape index (κ2) is 6.34. The maximum atomic E-state index is 11.1. The Kier molecular flexibility index (Phi) is 5.82. The topological polar surface area (TPSA) is 0 Å². The van der Waals surface area contributed by atoms with Crippen molar-refractivity contribution in [2.45, 2.75) is 6.42 Å². The van der Waals surface area contributed by atoms with Crippen molar-refractivity contribution in [3.63, 3.8) is 0 Å². The molecule has 0 aliphatic carbocycles. The normalized spacial score (nSPS) is 11.8. The molecule has 0 N–H and O–H groups in total. The zero-order chi connectivity index (χ0) is 6.24. The van der Waals surface area contributed by atoms with Crippen LogP contribution in [0.15, 0.2) is 24.6 Å². The van der Waals surface area contributed by atoms with Crippen molar-refractivity contribution in [1.82, 2.24) is 0 Å². The minimum atomic E-state index is 0.409. The SMILES string of the molecule is F[CH]C=CCC=CF. The van der Waals surface area contributed by atoms with Gasteiger partial charge in [0.1, 0.15) is 0 Å². The highest BCUT2D eigenvalue weighted by atomic mass is 19.1. The summed E-state index contributed by atoms with van der Waals surface area (Å²) in [5.74, 6) is 0. The number of hydrogen-bond donors (Lipinski definition) is 0. The summed E-state index contributed by atoms with van der Waals surface area (Å²) >= 11 is 0. The maximum absolute atomic E-state index is 11.1. The number of rotatable bonds is 3. The Bertz CT molecular complexity index is 84.5. The molecule has 0 unspecified atom stereocenters. The quantitative estimate of drug-likeness (QED) is 0.532. The van der Waals surface area contributed by atoms with E-state index in [-0.39, 0.29) is 0 Å². The molecule has 0 fully saturated rings. The van der Waals surface area contributed by atoms with E-state index in [0.29, 0.717) is 19.4 Å². The molecule has 8 heavy (non-hydrogen) atoms. The van der Waals surface area contributed by atoms with Crippen molar-refractivity contribution in [1.29, 1.82) is 0 Å². The monoisotopic (exact) mass is 117 g/mol. The fourth-order valence-corrected chi connectivity index (χ4v) is 0.260. The summed E-state index contributed by atoms with van der Waals surface area (Å²) in [4.78, 5) is 0. The van der Waals surface area contributed by atoms with Gasteiger partial charge in [-0.2, -0.15) is 0 Å². The molecule has 0 amide bonds. The molecular weight excluding hydrogens is 110 g/mol. The van der Waals surface area contributed by atoms with E-state index in [1.54, 1.807) is 0 Å². The zero-order valence-electron chi connectivity index (χ0n) is 4.35. The Morgan fingerprint density at radius 3 is 2.38 bits per heavy atom. The molecule has 1 radical (unpaired) electrons. The van der Waals surface area contributed by atoms with Gasteiger partial charge in [0.2, 0.25) is 0 Å². The van der Waals surface area contributed by atoms with Crippen molar-refractivity contribution in [2.24, 2.45) is 0 Å². The molecule has 0 bridgehead atoms. The Balaban J connectivity index is 3.03. The van der Waals surface area contributed by atoms with Crippen molar-refractivity contribution in [3.05, 3.63) is 31.2 Å². The van der Waals surface area contributed by atoms with Gasteiger partial charge in [-0.15, -0.1) is 0 Å². The lowest BCUT2D eigenvalue weighted by Crippen LogP contribution is -1.55. The Morgan fingerprint density at radius 1 is 1.12 bits per heavy atom. The number of allylic oxidation sites excluding steroid dienone is 3. The van der Waals surface area contributed by atoms with Crippen LogP contribution in [0.25, 0.3) is 0 Å². The van der Waals surface area contributed by atoms with E-state index >= 15 is 0 Å². The predicted molar refractivity (Wildman–Crippen MR) is 29.4 cm³/mol. The van der Waals surface area contributed by atoms with E-state index in [1.165, 1.54) is 18.2 Å². The Labute approximate surface area is 47.5 Å². The fraction of sp³-hybridized carbons (Fsp3) is 0.167. The van der Waals surface area contributed by atoms with Crippen LogP contribution >= 0.6 is 0 Å². The van der Waals surface area contributed by atoms with Gasteiger partial charge in [0.15, 0.2) is 6.67 Å². The first-order valence-electron chi connectivity index (χ1n) is 2.25. The summed E-state index contributed by atoms with van der Waals surface area (Å²) in [6.07, 6.45) is 4.90. The minimum Gasteiger partial charge on any atom is -0.239 e. The first-order valence-corrected chi connectivity index (χ1v) is 2.25. The molecule has 0 saturated carbocycles. The molecule has 0 aliphatic heterocycles. The van der Waals surface area contributed by atoms with Crippen LogP contribution in [0.1, 0.15) is 6.42 Å². The highest BCUT2D eigenvalue weighted by Gasteiger charge is 1.69. The van der Waals surface area contributed by atoms with Crippen LogP contribution < -0.4 is 0 Å². The van der Waals surface area contributed by atoms with Crippen molar-refractivity contribution in [3.8, 4) is 0 Å². The molecule has 0 aromatic rings. The second-order valence-corrected chi connectivity index (χ2v) is 1.15. The van der Waals surface area contributed by atoms with Crippen LogP contribution in [0.5, 0.6) is 0 Å². The van der Waals surface area contributed by atoms with Crippen molar-refractivity contribution < 1.29 is 8.78 Å². The molecule has 2 heteroatoms. The maximum Gasteiger partial charge on any atom is 0.153 e. The third-order valence-corrected chi connectivity index (χ3v) is 0.570. The third-order valence-electron chi connectivity index (χ3n) is 0.570. The molecule has 0 spiro atoms. The van der Waals surface area contributed by atoms with Gasteiger partial charge in [-0.1, -0.05) is 18.2 Å². The zero-order valence-corrected chi connectivity index (χ0v) is 4.35. The van der Waals surface area contributed by atoms with Crippen molar-refractivity contribution in [2.75, 3.05) is 0 Å². The molecule has 0 aliphatic rings. The van der Waals surface area contributed by atoms with Gasteiger partial charge in [-0.3, -0.25) is 0 Å². The average molecular weight is 117 g/mol. The van der Waals surface area contributed by atoms with E-state index in [2.05, 4.69) is 0 Å². The highest BCUT2D eigenvalue weighted by Crippen LogP contribution is 1.88. The van der Waals surface area contributed by atoms with E-state index < -0.39 is 0 Å². The van der Waals surface area contributed by atoms with Crippen molar-refractivity contribution >= 4 is 0 Å².